The maximum Gasteiger partial charge on any atom is 0.266 e. The molecule has 2 rings (SSSR count). The summed E-state index contributed by atoms with van der Waals surface area (Å²) in [4.78, 5) is 6.40. The molecule has 0 saturated carbocycles. The van der Waals surface area contributed by atoms with E-state index in [0.717, 1.165) is 39.0 Å². The van der Waals surface area contributed by atoms with Gasteiger partial charge in [-0.15, -0.1) is 0 Å². The topological polar surface area (TPSA) is 63.4 Å². The van der Waals surface area contributed by atoms with Crippen molar-refractivity contribution in [2.45, 2.75) is 39.4 Å². The Morgan fingerprint density at radius 1 is 1.33 bits per heavy atom. The maximum absolute atomic E-state index is 5.77. The fraction of sp³-hybridized carbons (Fsp3) is 0.833. The molecule has 1 saturated heterocycles. The van der Waals surface area contributed by atoms with E-state index in [1.54, 1.807) is 0 Å². The van der Waals surface area contributed by atoms with Gasteiger partial charge in [0.15, 0.2) is 0 Å². The van der Waals surface area contributed by atoms with E-state index in [1.165, 1.54) is 0 Å². The minimum atomic E-state index is 0.315. The molecule has 0 spiro atoms. The van der Waals surface area contributed by atoms with Gasteiger partial charge in [0.05, 0.1) is 6.10 Å². The van der Waals surface area contributed by atoms with Crippen LogP contribution in [0.2, 0.25) is 0 Å². The van der Waals surface area contributed by atoms with Gasteiger partial charge in [0.2, 0.25) is 0 Å². The van der Waals surface area contributed by atoms with Crippen LogP contribution in [0.1, 0.15) is 32.6 Å². The quantitative estimate of drug-likeness (QED) is 0.822. The molecule has 1 aromatic rings. The SMILES string of the molecule is CCN(CC)c1noc(COC2CCNCC2)n1. The smallest absolute Gasteiger partial charge is 0.266 e. The normalized spacial score (nSPS) is 17.0. The van der Waals surface area contributed by atoms with E-state index in [2.05, 4.69) is 34.2 Å². The number of anilines is 1. The van der Waals surface area contributed by atoms with Crippen molar-refractivity contribution in [2.24, 2.45) is 0 Å². The van der Waals surface area contributed by atoms with Gasteiger partial charge in [0, 0.05) is 13.1 Å². The Hall–Kier alpha value is -1.14. The standard InChI is InChI=1S/C12H22N4O2/c1-3-16(4-2)12-14-11(18-15-12)9-17-10-5-7-13-8-6-10/h10,13H,3-9H2,1-2H3. The van der Waals surface area contributed by atoms with Crippen LogP contribution in [0.5, 0.6) is 0 Å². The van der Waals surface area contributed by atoms with E-state index < -0.39 is 0 Å². The minimum absolute atomic E-state index is 0.315. The van der Waals surface area contributed by atoms with Crippen LogP contribution in [-0.4, -0.2) is 42.4 Å². The van der Waals surface area contributed by atoms with Gasteiger partial charge in [0.1, 0.15) is 6.61 Å². The van der Waals surface area contributed by atoms with Crippen LogP contribution in [-0.2, 0) is 11.3 Å². The average Bonchev–Trinajstić information content (AvgIpc) is 2.88. The van der Waals surface area contributed by atoms with Crippen LogP contribution in [0.25, 0.3) is 0 Å². The summed E-state index contributed by atoms with van der Waals surface area (Å²) in [5.74, 6) is 1.22. The Morgan fingerprint density at radius 3 is 2.72 bits per heavy atom. The molecule has 2 heterocycles. The molecular formula is C12H22N4O2. The van der Waals surface area contributed by atoms with Crippen molar-refractivity contribution >= 4 is 5.95 Å². The molecule has 18 heavy (non-hydrogen) atoms. The summed E-state index contributed by atoms with van der Waals surface area (Å²) < 4.78 is 11.0. The largest absolute Gasteiger partial charge is 0.368 e. The molecule has 0 atom stereocenters. The molecule has 0 radical (unpaired) electrons. The van der Waals surface area contributed by atoms with E-state index >= 15 is 0 Å². The molecular weight excluding hydrogens is 232 g/mol. The third kappa shape index (κ3) is 3.43. The van der Waals surface area contributed by atoms with Crippen molar-refractivity contribution in [1.82, 2.24) is 15.5 Å². The summed E-state index contributed by atoms with van der Waals surface area (Å²) in [5, 5.41) is 7.28. The molecule has 6 heteroatoms. The van der Waals surface area contributed by atoms with Gasteiger partial charge in [-0.3, -0.25) is 0 Å². The second-order valence-electron chi connectivity index (χ2n) is 4.42. The zero-order chi connectivity index (χ0) is 12.8. The number of hydrogen-bond donors (Lipinski definition) is 1. The summed E-state index contributed by atoms with van der Waals surface area (Å²) in [5.41, 5.74) is 0. The van der Waals surface area contributed by atoms with Gasteiger partial charge >= 0.3 is 0 Å². The Bertz CT molecular complexity index is 346. The highest BCUT2D eigenvalue weighted by atomic mass is 16.5. The molecule has 1 aliphatic heterocycles. The number of rotatable bonds is 6. The second kappa shape index (κ2) is 6.70. The highest BCUT2D eigenvalue weighted by molar-refractivity contribution is 5.26. The average molecular weight is 254 g/mol. The summed E-state index contributed by atoms with van der Waals surface area (Å²) in [6.07, 6.45) is 2.42. The lowest BCUT2D eigenvalue weighted by molar-refractivity contribution is 0.00859. The van der Waals surface area contributed by atoms with Gasteiger partial charge in [-0.1, -0.05) is 0 Å². The Kier molecular flexibility index (Phi) is 4.95. The van der Waals surface area contributed by atoms with Crippen molar-refractivity contribution < 1.29 is 9.26 Å². The summed E-state index contributed by atoms with van der Waals surface area (Å²) in [6, 6.07) is 0. The van der Waals surface area contributed by atoms with E-state index in [-0.39, 0.29) is 0 Å². The van der Waals surface area contributed by atoms with Gasteiger partial charge in [-0.05, 0) is 44.9 Å². The predicted molar refractivity (Wildman–Crippen MR) is 68.5 cm³/mol. The lowest BCUT2D eigenvalue weighted by atomic mass is 10.1. The van der Waals surface area contributed by atoms with Crippen molar-refractivity contribution in [3.05, 3.63) is 5.89 Å². The fourth-order valence-electron chi connectivity index (χ4n) is 2.09. The van der Waals surface area contributed by atoms with Crippen LogP contribution in [0.3, 0.4) is 0 Å². The zero-order valence-corrected chi connectivity index (χ0v) is 11.2. The lowest BCUT2D eigenvalue weighted by Crippen LogP contribution is -2.32. The molecule has 0 amide bonds. The lowest BCUT2D eigenvalue weighted by Gasteiger charge is -2.22. The second-order valence-corrected chi connectivity index (χ2v) is 4.42. The molecule has 0 aliphatic carbocycles. The van der Waals surface area contributed by atoms with E-state index in [9.17, 15) is 0 Å². The first kappa shape index (κ1) is 13.3. The van der Waals surface area contributed by atoms with Crippen molar-refractivity contribution in [1.29, 1.82) is 0 Å². The molecule has 102 valence electrons. The van der Waals surface area contributed by atoms with Crippen molar-refractivity contribution in [2.75, 3.05) is 31.1 Å². The number of hydrogen-bond acceptors (Lipinski definition) is 6. The van der Waals surface area contributed by atoms with Crippen LogP contribution in [0.15, 0.2) is 4.52 Å². The molecule has 1 aromatic heterocycles. The molecule has 0 bridgehead atoms. The molecule has 0 unspecified atom stereocenters. The monoisotopic (exact) mass is 254 g/mol. The Balaban J connectivity index is 1.82. The fourth-order valence-corrected chi connectivity index (χ4v) is 2.09. The highest BCUT2D eigenvalue weighted by Crippen LogP contribution is 2.13. The van der Waals surface area contributed by atoms with Crippen LogP contribution in [0, 0.1) is 0 Å². The first-order valence-corrected chi connectivity index (χ1v) is 6.73. The summed E-state index contributed by atoms with van der Waals surface area (Å²) in [6.45, 7) is 8.38. The Labute approximate surface area is 108 Å². The van der Waals surface area contributed by atoms with Crippen molar-refractivity contribution in [3.8, 4) is 0 Å². The Morgan fingerprint density at radius 2 is 2.06 bits per heavy atom. The van der Waals surface area contributed by atoms with Gasteiger partial charge in [0.25, 0.3) is 11.8 Å². The number of nitrogens with zero attached hydrogens (tertiary/aromatic N) is 3. The minimum Gasteiger partial charge on any atom is -0.368 e. The van der Waals surface area contributed by atoms with Crippen LogP contribution < -0.4 is 10.2 Å². The first-order valence-electron chi connectivity index (χ1n) is 6.73. The molecule has 1 aliphatic rings. The van der Waals surface area contributed by atoms with Gasteiger partial charge in [-0.25, -0.2) is 0 Å². The summed E-state index contributed by atoms with van der Waals surface area (Å²) >= 11 is 0. The number of ether oxygens (including phenoxy) is 1. The predicted octanol–water partition coefficient (Wildman–Crippen LogP) is 1.18. The first-order chi connectivity index (χ1) is 8.83. The number of aromatic nitrogens is 2. The van der Waals surface area contributed by atoms with Crippen LogP contribution in [0.4, 0.5) is 5.95 Å². The van der Waals surface area contributed by atoms with Gasteiger partial charge < -0.3 is 19.5 Å². The number of nitrogens with one attached hydrogen (secondary N) is 1. The zero-order valence-electron chi connectivity index (χ0n) is 11.2. The number of piperidine rings is 1. The van der Waals surface area contributed by atoms with Gasteiger partial charge in [-0.2, -0.15) is 4.98 Å². The maximum atomic E-state index is 5.77. The molecule has 0 aromatic carbocycles. The molecule has 1 N–H and O–H groups in total. The summed E-state index contributed by atoms with van der Waals surface area (Å²) in [7, 11) is 0. The molecule has 6 nitrogen and oxygen atoms in total. The van der Waals surface area contributed by atoms with E-state index in [1.807, 2.05) is 0 Å². The van der Waals surface area contributed by atoms with Crippen LogP contribution >= 0.6 is 0 Å². The van der Waals surface area contributed by atoms with Crippen molar-refractivity contribution in [3.63, 3.8) is 0 Å². The third-order valence-electron chi connectivity index (χ3n) is 3.23. The third-order valence-corrected chi connectivity index (χ3v) is 3.23. The highest BCUT2D eigenvalue weighted by Gasteiger charge is 2.16. The van der Waals surface area contributed by atoms with E-state index in [0.29, 0.717) is 24.5 Å². The molecule has 1 fully saturated rings. The van der Waals surface area contributed by atoms with E-state index in [4.69, 9.17) is 9.26 Å².